The summed E-state index contributed by atoms with van der Waals surface area (Å²) in [4.78, 5) is 0. The van der Waals surface area contributed by atoms with Gasteiger partial charge in [-0.2, -0.15) is 0 Å². The van der Waals surface area contributed by atoms with Crippen molar-refractivity contribution in [1.29, 1.82) is 0 Å². The second-order valence-corrected chi connectivity index (χ2v) is 5.16. The highest BCUT2D eigenvalue weighted by Crippen LogP contribution is 2.29. The zero-order valence-corrected chi connectivity index (χ0v) is 13.1. The van der Waals surface area contributed by atoms with Crippen LogP contribution in [0.5, 0.6) is 0 Å². The highest BCUT2D eigenvalue weighted by atomic mass is 16.6. The van der Waals surface area contributed by atoms with Gasteiger partial charge in [-0.15, -0.1) is 0 Å². The first-order chi connectivity index (χ1) is 10.3. The van der Waals surface area contributed by atoms with Crippen LogP contribution < -0.4 is 5.73 Å². The molecule has 5 heteroatoms. The molecule has 1 aliphatic rings. The highest BCUT2D eigenvalue weighted by Gasteiger charge is 2.32. The highest BCUT2D eigenvalue weighted by molar-refractivity contribution is 6.30. The van der Waals surface area contributed by atoms with Gasteiger partial charge >= 0.3 is 0 Å². The van der Waals surface area contributed by atoms with Gasteiger partial charge in [0.1, 0.15) is 5.76 Å². The third kappa shape index (κ3) is 8.76. The van der Waals surface area contributed by atoms with E-state index in [0.29, 0.717) is 19.4 Å². The molecule has 0 radical (unpaired) electrons. The molecule has 1 heterocycles. The molecule has 1 rings (SSSR count). The Kier molecular flexibility index (Phi) is 9.96. The summed E-state index contributed by atoms with van der Waals surface area (Å²) in [5, 5.41) is 0. The number of unbranched alkanes of at least 4 members (excludes halogenated alkanes) is 1. The van der Waals surface area contributed by atoms with Gasteiger partial charge in [0.25, 0.3) is 7.48 Å². The number of nitrogens with two attached hydrogens (primary N) is 1. The normalized spacial score (nSPS) is 19.5. The zero-order valence-electron chi connectivity index (χ0n) is 13.1. The summed E-state index contributed by atoms with van der Waals surface area (Å²) in [6, 6.07) is 0. The Morgan fingerprint density at radius 3 is 3.00 bits per heavy atom. The molecule has 0 aromatic rings. The van der Waals surface area contributed by atoms with Crippen LogP contribution in [0.4, 0.5) is 0 Å². The zero-order chi connectivity index (χ0) is 15.3. The number of allylic oxidation sites excluding steroid dienone is 4. The maximum absolute atomic E-state index is 5.69. The molecule has 0 spiro atoms. The fourth-order valence-corrected chi connectivity index (χ4v) is 2.04. The Hall–Kier alpha value is -1.04. The van der Waals surface area contributed by atoms with E-state index in [2.05, 4.69) is 19.6 Å². The van der Waals surface area contributed by atoms with Crippen LogP contribution in [0, 0.1) is 0 Å². The molecule has 4 nitrogen and oxygen atoms in total. The minimum atomic E-state index is 0.274. The van der Waals surface area contributed by atoms with E-state index in [4.69, 9.17) is 19.9 Å². The molecule has 2 N–H and O–H groups in total. The van der Waals surface area contributed by atoms with Gasteiger partial charge in [-0.05, 0) is 37.2 Å². The Labute approximate surface area is 129 Å². The van der Waals surface area contributed by atoms with E-state index in [0.717, 1.165) is 44.7 Å². The Morgan fingerprint density at radius 2 is 2.38 bits per heavy atom. The quantitative estimate of drug-likeness (QED) is 0.142. The van der Waals surface area contributed by atoms with E-state index >= 15 is 0 Å². The van der Waals surface area contributed by atoms with Gasteiger partial charge in [0.2, 0.25) is 0 Å². The van der Waals surface area contributed by atoms with Crippen molar-refractivity contribution in [3.63, 3.8) is 0 Å². The topological polar surface area (TPSA) is 57.0 Å². The van der Waals surface area contributed by atoms with Crippen molar-refractivity contribution >= 4 is 7.48 Å². The minimum Gasteiger partial charge on any atom is -0.494 e. The smallest absolute Gasteiger partial charge is 0.282 e. The average molecular weight is 293 g/mol. The molecular formula is C16H28BNO3. The molecule has 0 unspecified atom stereocenters. The van der Waals surface area contributed by atoms with Crippen molar-refractivity contribution in [1.82, 2.24) is 0 Å². The van der Waals surface area contributed by atoms with E-state index in [1.807, 2.05) is 12.2 Å². The number of hydrogen-bond donors (Lipinski definition) is 1. The fourth-order valence-electron chi connectivity index (χ4n) is 2.04. The molecular weight excluding hydrogens is 265 g/mol. The summed E-state index contributed by atoms with van der Waals surface area (Å²) in [6.45, 7) is 7.75. The van der Waals surface area contributed by atoms with Crippen LogP contribution in [0.1, 0.15) is 32.6 Å². The standard InChI is InChI=1S/C16H28BNO3/c1-3-5-11-19-14(8-4-2)9-6-7-10-15(16-12-20-16)17-21-13-18/h4,6,8-9,15-17H,2-3,5,7,10-13,18H2,1H3/b9-6-,14-8+/t15-,16+/m0/s1. The third-order valence-corrected chi connectivity index (χ3v) is 3.37. The third-order valence-electron chi connectivity index (χ3n) is 3.37. The summed E-state index contributed by atoms with van der Waals surface area (Å²) in [6.07, 6.45) is 12.4. The molecule has 0 aromatic carbocycles. The second kappa shape index (κ2) is 11.6. The maximum Gasteiger partial charge on any atom is 0.282 e. The lowest BCUT2D eigenvalue weighted by molar-refractivity contribution is 0.219. The van der Waals surface area contributed by atoms with Gasteiger partial charge in [0.05, 0.1) is 26.0 Å². The van der Waals surface area contributed by atoms with Crippen LogP contribution >= 0.6 is 0 Å². The van der Waals surface area contributed by atoms with Crippen LogP contribution in [0.25, 0.3) is 0 Å². The molecule has 0 saturated carbocycles. The number of hydrogen-bond acceptors (Lipinski definition) is 4. The summed E-state index contributed by atoms with van der Waals surface area (Å²) in [5.74, 6) is 1.31. The van der Waals surface area contributed by atoms with Crippen molar-refractivity contribution in [3.05, 3.63) is 36.6 Å². The summed E-state index contributed by atoms with van der Waals surface area (Å²) < 4.78 is 16.4. The predicted octanol–water partition coefficient (Wildman–Crippen LogP) is 2.68. The van der Waals surface area contributed by atoms with Gasteiger partial charge in [0, 0.05) is 0 Å². The van der Waals surface area contributed by atoms with Crippen molar-refractivity contribution in [2.45, 2.75) is 44.5 Å². The molecule has 0 aromatic heterocycles. The average Bonchev–Trinajstić information content (AvgIpc) is 3.31. The Morgan fingerprint density at radius 1 is 1.57 bits per heavy atom. The van der Waals surface area contributed by atoms with Crippen LogP contribution in [-0.2, 0) is 14.1 Å². The minimum absolute atomic E-state index is 0.274. The number of epoxide rings is 1. The van der Waals surface area contributed by atoms with Crippen molar-refractivity contribution in [2.75, 3.05) is 19.9 Å². The largest absolute Gasteiger partial charge is 0.494 e. The number of rotatable bonds is 13. The lowest BCUT2D eigenvalue weighted by atomic mass is 9.74. The van der Waals surface area contributed by atoms with Gasteiger partial charge in [-0.1, -0.05) is 32.1 Å². The number of ether oxygens (including phenoxy) is 2. The van der Waals surface area contributed by atoms with Crippen molar-refractivity contribution in [2.24, 2.45) is 5.73 Å². The van der Waals surface area contributed by atoms with Crippen molar-refractivity contribution in [3.8, 4) is 0 Å². The maximum atomic E-state index is 5.69. The van der Waals surface area contributed by atoms with E-state index in [1.165, 1.54) is 0 Å². The molecule has 1 saturated heterocycles. The summed E-state index contributed by atoms with van der Waals surface area (Å²) >= 11 is 0. The molecule has 118 valence electrons. The lowest BCUT2D eigenvalue weighted by Gasteiger charge is -2.11. The first kappa shape index (κ1) is 18.0. The fraction of sp³-hybridized carbons (Fsp3) is 0.625. The SMILES string of the molecule is C=C/C=C(\C=C/CC[C@H](BOCN)[C@H]1CO1)OCCCC. The van der Waals surface area contributed by atoms with Crippen molar-refractivity contribution < 1.29 is 14.1 Å². The molecule has 2 atom stereocenters. The van der Waals surface area contributed by atoms with Gasteiger partial charge in [-0.3, -0.25) is 0 Å². The van der Waals surface area contributed by atoms with Crippen LogP contribution in [0.3, 0.4) is 0 Å². The van der Waals surface area contributed by atoms with Gasteiger partial charge in [0.15, 0.2) is 0 Å². The molecule has 1 fully saturated rings. The van der Waals surface area contributed by atoms with E-state index in [1.54, 1.807) is 6.08 Å². The summed E-state index contributed by atoms with van der Waals surface area (Å²) in [7, 11) is 0.678. The molecule has 0 amide bonds. The second-order valence-electron chi connectivity index (χ2n) is 5.16. The van der Waals surface area contributed by atoms with Gasteiger partial charge < -0.3 is 19.9 Å². The van der Waals surface area contributed by atoms with Crippen LogP contribution in [0.2, 0.25) is 5.82 Å². The van der Waals surface area contributed by atoms with E-state index in [-0.39, 0.29) is 6.73 Å². The van der Waals surface area contributed by atoms with Gasteiger partial charge in [-0.25, -0.2) is 0 Å². The summed E-state index contributed by atoms with van der Waals surface area (Å²) in [5.41, 5.74) is 5.37. The Balaban J connectivity index is 2.28. The molecule has 0 bridgehead atoms. The first-order valence-corrected chi connectivity index (χ1v) is 7.83. The van der Waals surface area contributed by atoms with E-state index in [9.17, 15) is 0 Å². The van der Waals surface area contributed by atoms with Crippen LogP contribution in [-0.4, -0.2) is 33.5 Å². The van der Waals surface area contributed by atoms with E-state index < -0.39 is 0 Å². The molecule has 21 heavy (non-hydrogen) atoms. The Bertz CT molecular complexity index is 340. The molecule has 0 aliphatic carbocycles. The molecule has 1 aliphatic heterocycles. The lowest BCUT2D eigenvalue weighted by Crippen LogP contribution is -2.17. The first-order valence-electron chi connectivity index (χ1n) is 7.83. The predicted molar refractivity (Wildman–Crippen MR) is 88.3 cm³/mol. The van der Waals surface area contributed by atoms with Crippen LogP contribution in [0.15, 0.2) is 36.6 Å². The monoisotopic (exact) mass is 293 g/mol.